The molecule has 22 heavy (non-hydrogen) atoms. The molecule has 1 amide bonds. The first-order chi connectivity index (χ1) is 10.7. The van der Waals surface area contributed by atoms with E-state index in [-0.39, 0.29) is 5.91 Å². The number of benzene rings is 2. The number of amides is 1. The molecule has 0 radical (unpaired) electrons. The molecule has 1 N–H and O–H groups in total. The van der Waals surface area contributed by atoms with Gasteiger partial charge in [0.05, 0.1) is 11.3 Å². The van der Waals surface area contributed by atoms with Gasteiger partial charge < -0.3 is 5.32 Å². The van der Waals surface area contributed by atoms with Gasteiger partial charge in [0.15, 0.2) is 0 Å². The molecule has 0 aliphatic carbocycles. The first-order valence-electron chi connectivity index (χ1n) is 6.80. The zero-order valence-electron chi connectivity index (χ0n) is 11.7. The monoisotopic (exact) mass is 352 g/mol. The molecule has 1 aromatic heterocycles. The van der Waals surface area contributed by atoms with Crippen LogP contribution < -0.4 is 5.32 Å². The minimum Gasteiger partial charge on any atom is -0.321 e. The van der Waals surface area contributed by atoms with E-state index in [4.69, 9.17) is 0 Å². The van der Waals surface area contributed by atoms with E-state index in [2.05, 4.69) is 26.2 Å². The van der Waals surface area contributed by atoms with E-state index in [0.29, 0.717) is 5.56 Å². The zero-order valence-corrected chi connectivity index (χ0v) is 13.2. The number of hydrogen-bond donors (Lipinski definition) is 1. The van der Waals surface area contributed by atoms with Gasteiger partial charge in [0, 0.05) is 22.4 Å². The number of halogens is 1. The maximum Gasteiger partial charge on any atom is 0.257 e. The summed E-state index contributed by atoms with van der Waals surface area (Å²) in [7, 11) is 0. The van der Waals surface area contributed by atoms with Crippen molar-refractivity contribution < 1.29 is 4.79 Å². The minimum atomic E-state index is -0.183. The predicted octanol–water partition coefficient (Wildman–Crippen LogP) is 4.76. The van der Waals surface area contributed by atoms with Gasteiger partial charge in [-0.25, -0.2) is 0 Å². The third-order valence-electron chi connectivity index (χ3n) is 3.23. The largest absolute Gasteiger partial charge is 0.321 e. The Morgan fingerprint density at radius 3 is 2.41 bits per heavy atom. The SMILES string of the molecule is O=C(Nc1ccccc1Br)c1cncc(-c2ccccc2)c1. The topological polar surface area (TPSA) is 42.0 Å². The average Bonchev–Trinajstić information content (AvgIpc) is 2.58. The van der Waals surface area contributed by atoms with E-state index < -0.39 is 0 Å². The lowest BCUT2D eigenvalue weighted by atomic mass is 10.1. The molecule has 0 saturated heterocycles. The lowest BCUT2D eigenvalue weighted by molar-refractivity contribution is 0.102. The standard InChI is InChI=1S/C18H13BrN2O/c19-16-8-4-5-9-17(16)21-18(22)15-10-14(11-20-12-15)13-6-2-1-3-7-13/h1-12H,(H,21,22). The molecule has 3 nitrogen and oxygen atoms in total. The summed E-state index contributed by atoms with van der Waals surface area (Å²) in [5.74, 6) is -0.183. The molecule has 108 valence electrons. The Balaban J connectivity index is 1.86. The molecule has 0 spiro atoms. The molecule has 3 rings (SSSR count). The molecule has 3 aromatic rings. The summed E-state index contributed by atoms with van der Waals surface area (Å²) in [6.07, 6.45) is 3.32. The van der Waals surface area contributed by atoms with Gasteiger partial charge in [0.2, 0.25) is 0 Å². The fourth-order valence-electron chi connectivity index (χ4n) is 2.11. The van der Waals surface area contributed by atoms with Gasteiger partial charge in [0.25, 0.3) is 5.91 Å². The van der Waals surface area contributed by atoms with Crippen LogP contribution in [0.3, 0.4) is 0 Å². The minimum absolute atomic E-state index is 0.183. The molecule has 4 heteroatoms. The Labute approximate surface area is 137 Å². The summed E-state index contributed by atoms with van der Waals surface area (Å²) in [5, 5.41) is 2.88. The maximum atomic E-state index is 12.4. The Morgan fingerprint density at radius 2 is 1.64 bits per heavy atom. The van der Waals surface area contributed by atoms with Gasteiger partial charge >= 0.3 is 0 Å². The van der Waals surface area contributed by atoms with Gasteiger partial charge in [-0.05, 0) is 39.7 Å². The lowest BCUT2D eigenvalue weighted by Gasteiger charge is -2.08. The second-order valence-electron chi connectivity index (χ2n) is 4.76. The summed E-state index contributed by atoms with van der Waals surface area (Å²) < 4.78 is 0.843. The summed E-state index contributed by atoms with van der Waals surface area (Å²) in [5.41, 5.74) is 3.21. The number of carbonyl (C=O) groups is 1. The summed E-state index contributed by atoms with van der Waals surface area (Å²) in [6.45, 7) is 0. The molecule has 0 saturated carbocycles. The second-order valence-corrected chi connectivity index (χ2v) is 5.62. The number of nitrogens with one attached hydrogen (secondary N) is 1. The molecule has 0 unspecified atom stereocenters. The molecular weight excluding hydrogens is 340 g/mol. The van der Waals surface area contributed by atoms with E-state index in [9.17, 15) is 4.79 Å². The fraction of sp³-hybridized carbons (Fsp3) is 0. The van der Waals surface area contributed by atoms with E-state index in [0.717, 1.165) is 21.3 Å². The third-order valence-corrected chi connectivity index (χ3v) is 3.92. The Kier molecular flexibility index (Phi) is 4.30. The lowest BCUT2D eigenvalue weighted by Crippen LogP contribution is -2.12. The van der Waals surface area contributed by atoms with Gasteiger partial charge in [-0.3, -0.25) is 9.78 Å². The number of nitrogens with zero attached hydrogens (tertiary/aromatic N) is 1. The van der Waals surface area contributed by atoms with Crippen LogP contribution in [0.1, 0.15) is 10.4 Å². The number of anilines is 1. The zero-order chi connectivity index (χ0) is 15.4. The van der Waals surface area contributed by atoms with Crippen LogP contribution in [0.15, 0.2) is 77.5 Å². The van der Waals surface area contributed by atoms with E-state index in [1.807, 2.05) is 60.7 Å². The highest BCUT2D eigenvalue weighted by Crippen LogP contribution is 2.23. The Bertz CT molecular complexity index is 803. The van der Waals surface area contributed by atoms with Crippen molar-refractivity contribution in [3.05, 3.63) is 83.1 Å². The van der Waals surface area contributed by atoms with Crippen molar-refractivity contribution in [2.24, 2.45) is 0 Å². The number of rotatable bonds is 3. The van der Waals surface area contributed by atoms with E-state index in [1.165, 1.54) is 0 Å². The number of hydrogen-bond acceptors (Lipinski definition) is 2. The molecule has 1 heterocycles. The van der Waals surface area contributed by atoms with Crippen molar-refractivity contribution in [2.75, 3.05) is 5.32 Å². The van der Waals surface area contributed by atoms with Crippen LogP contribution in [0, 0.1) is 0 Å². The second kappa shape index (κ2) is 6.54. The molecule has 0 aliphatic rings. The van der Waals surface area contributed by atoms with Crippen LogP contribution in [0.4, 0.5) is 5.69 Å². The molecule has 0 fully saturated rings. The third kappa shape index (κ3) is 3.23. The van der Waals surface area contributed by atoms with Gasteiger partial charge in [-0.2, -0.15) is 0 Å². The number of para-hydroxylation sites is 1. The Hall–Kier alpha value is -2.46. The molecule has 0 atom stereocenters. The van der Waals surface area contributed by atoms with Crippen molar-refractivity contribution >= 4 is 27.5 Å². The van der Waals surface area contributed by atoms with Crippen LogP contribution in [0.5, 0.6) is 0 Å². The highest BCUT2D eigenvalue weighted by molar-refractivity contribution is 9.10. The van der Waals surface area contributed by atoms with Crippen LogP contribution in [-0.4, -0.2) is 10.9 Å². The number of carbonyl (C=O) groups excluding carboxylic acids is 1. The first kappa shape index (κ1) is 14.5. The molecule has 0 aliphatic heterocycles. The van der Waals surface area contributed by atoms with Gasteiger partial charge in [-0.1, -0.05) is 42.5 Å². The first-order valence-corrected chi connectivity index (χ1v) is 7.60. The number of aromatic nitrogens is 1. The van der Waals surface area contributed by atoms with Crippen LogP contribution >= 0.6 is 15.9 Å². The van der Waals surface area contributed by atoms with Crippen molar-refractivity contribution in [1.82, 2.24) is 4.98 Å². The summed E-state index contributed by atoms with van der Waals surface area (Å²) in [4.78, 5) is 16.6. The van der Waals surface area contributed by atoms with Crippen LogP contribution in [0.25, 0.3) is 11.1 Å². The molecule has 2 aromatic carbocycles. The summed E-state index contributed by atoms with van der Waals surface area (Å²) in [6, 6.07) is 19.2. The predicted molar refractivity (Wildman–Crippen MR) is 91.8 cm³/mol. The molecule has 0 bridgehead atoms. The Morgan fingerprint density at radius 1 is 0.909 bits per heavy atom. The fourth-order valence-corrected chi connectivity index (χ4v) is 2.49. The van der Waals surface area contributed by atoms with Gasteiger partial charge in [0.1, 0.15) is 0 Å². The molecular formula is C18H13BrN2O. The summed E-state index contributed by atoms with van der Waals surface area (Å²) >= 11 is 3.42. The number of pyridine rings is 1. The van der Waals surface area contributed by atoms with E-state index >= 15 is 0 Å². The smallest absolute Gasteiger partial charge is 0.257 e. The van der Waals surface area contributed by atoms with Gasteiger partial charge in [-0.15, -0.1) is 0 Å². The average molecular weight is 353 g/mol. The van der Waals surface area contributed by atoms with Crippen LogP contribution in [-0.2, 0) is 0 Å². The highest BCUT2D eigenvalue weighted by atomic mass is 79.9. The van der Waals surface area contributed by atoms with Crippen molar-refractivity contribution in [3.63, 3.8) is 0 Å². The quantitative estimate of drug-likeness (QED) is 0.737. The van der Waals surface area contributed by atoms with Crippen LogP contribution in [0.2, 0.25) is 0 Å². The van der Waals surface area contributed by atoms with Crippen molar-refractivity contribution in [2.45, 2.75) is 0 Å². The highest BCUT2D eigenvalue weighted by Gasteiger charge is 2.09. The van der Waals surface area contributed by atoms with E-state index in [1.54, 1.807) is 12.4 Å². The normalized spacial score (nSPS) is 10.2. The maximum absolute atomic E-state index is 12.4. The van der Waals surface area contributed by atoms with Crippen molar-refractivity contribution in [1.29, 1.82) is 0 Å². The van der Waals surface area contributed by atoms with Crippen molar-refractivity contribution in [3.8, 4) is 11.1 Å².